The van der Waals surface area contributed by atoms with E-state index in [1.807, 2.05) is 0 Å². The fourth-order valence-corrected chi connectivity index (χ4v) is 6.14. The smallest absolute Gasteiger partial charge is 0.459 e. The second-order valence-electron chi connectivity index (χ2n) is 7.87. The number of carbonyl (C=O) groups excluding carboxylic acids is 1. The number of aromatic nitrogens is 3. The van der Waals surface area contributed by atoms with E-state index in [9.17, 15) is 19.3 Å². The van der Waals surface area contributed by atoms with E-state index in [2.05, 4.69) is 15.1 Å². The average Bonchev–Trinajstić information content (AvgIpc) is 3.12. The molecule has 12 nitrogen and oxygen atoms in total. The number of aliphatic hydroxyl groups is 1. The molecule has 0 spiro atoms. The Morgan fingerprint density at radius 1 is 1.35 bits per heavy atom. The fraction of sp³-hybridized carbons (Fsp3) is 0.500. The Labute approximate surface area is 200 Å². The molecule has 1 aromatic heterocycles. The van der Waals surface area contributed by atoms with Crippen LogP contribution in [0.25, 0.3) is 0 Å². The minimum Gasteiger partial charge on any atom is -0.462 e. The first-order valence-electron chi connectivity index (χ1n) is 10.6. The summed E-state index contributed by atoms with van der Waals surface area (Å²) < 4.78 is 31.2. The van der Waals surface area contributed by atoms with Gasteiger partial charge in [0.2, 0.25) is 5.95 Å². The lowest BCUT2D eigenvalue weighted by molar-refractivity contribution is -0.149. The van der Waals surface area contributed by atoms with Gasteiger partial charge < -0.3 is 20.1 Å². The van der Waals surface area contributed by atoms with Gasteiger partial charge in [0.25, 0.3) is 0 Å². The Hall–Kier alpha value is -2.44. The number of nitrogens with two attached hydrogens (primary N) is 1. The summed E-state index contributed by atoms with van der Waals surface area (Å²) in [5, 5.41) is 12.1. The number of aliphatic hydroxyl groups excluding tert-OH is 1. The molecule has 0 aliphatic carbocycles. The number of anilines is 1. The maximum Gasteiger partial charge on any atom is 0.459 e. The fourth-order valence-electron chi connectivity index (χ4n) is 3.09. The highest BCUT2D eigenvalue weighted by molar-refractivity contribution is 8.00. The van der Waals surface area contributed by atoms with Gasteiger partial charge in [-0.2, -0.15) is 10.1 Å². The van der Waals surface area contributed by atoms with E-state index in [0.717, 1.165) is 0 Å². The van der Waals surface area contributed by atoms with E-state index in [1.165, 1.54) is 29.6 Å². The van der Waals surface area contributed by atoms with Gasteiger partial charge in [0.05, 0.1) is 29.4 Å². The van der Waals surface area contributed by atoms with Crippen LogP contribution in [0.5, 0.6) is 5.75 Å². The number of nitrogens with one attached hydrogen (secondary N) is 1. The zero-order valence-corrected chi connectivity index (χ0v) is 20.6. The third-order valence-corrected chi connectivity index (χ3v) is 7.87. The van der Waals surface area contributed by atoms with Crippen molar-refractivity contribution in [1.29, 1.82) is 0 Å². The van der Waals surface area contributed by atoms with Gasteiger partial charge in [-0.05, 0) is 32.9 Å². The zero-order chi connectivity index (χ0) is 24.9. The number of nitrogens with zero attached hydrogens (tertiary/aromatic N) is 3. The molecule has 3 rings (SSSR count). The Morgan fingerprint density at radius 2 is 2.06 bits per heavy atom. The molecular weight excluding hydrogens is 485 g/mol. The standard InChI is InChI=1S/C20H28N5O7PS/c1-12(2)31-18(27)13(3)24-33(29,32-14-7-5-4-6-8-14)30-10-16-15(26)9-17(34-16)25-11-22-19(21)23-20(25)28/h4-8,11-13,15-17,26H,9-10H2,1-3H3,(H,24,29)(H2,21,23,28)/t13-,15+,16+,17+,33?/m0/s1. The number of hydrogen-bond donors (Lipinski definition) is 3. The highest BCUT2D eigenvalue weighted by Crippen LogP contribution is 2.48. The highest BCUT2D eigenvalue weighted by atomic mass is 32.2. The van der Waals surface area contributed by atoms with Crippen molar-refractivity contribution in [2.45, 2.75) is 56.1 Å². The number of hydrogen-bond acceptors (Lipinski definition) is 11. The molecule has 1 unspecified atom stereocenters. The van der Waals surface area contributed by atoms with Gasteiger partial charge in [-0.3, -0.25) is 13.9 Å². The van der Waals surface area contributed by atoms with Crippen molar-refractivity contribution in [3.63, 3.8) is 0 Å². The molecule has 186 valence electrons. The Morgan fingerprint density at radius 3 is 2.71 bits per heavy atom. The number of rotatable bonds is 10. The summed E-state index contributed by atoms with van der Waals surface area (Å²) in [6.07, 6.45) is 0.272. The van der Waals surface area contributed by atoms with E-state index in [-0.39, 0.29) is 30.8 Å². The molecule has 0 amide bonds. The van der Waals surface area contributed by atoms with Crippen molar-refractivity contribution < 1.29 is 28.3 Å². The highest BCUT2D eigenvalue weighted by Gasteiger charge is 2.39. The van der Waals surface area contributed by atoms with Gasteiger partial charge in [-0.15, -0.1) is 11.8 Å². The molecule has 0 saturated carbocycles. The monoisotopic (exact) mass is 513 g/mol. The van der Waals surface area contributed by atoms with Crippen LogP contribution >= 0.6 is 19.5 Å². The van der Waals surface area contributed by atoms with E-state index in [0.29, 0.717) is 0 Å². The molecule has 4 N–H and O–H groups in total. The summed E-state index contributed by atoms with van der Waals surface area (Å²) >= 11 is 1.24. The normalized spacial score (nSPS) is 22.8. The van der Waals surface area contributed by atoms with E-state index in [1.54, 1.807) is 44.2 Å². The Balaban J connectivity index is 1.71. The molecule has 34 heavy (non-hydrogen) atoms. The molecule has 5 atom stereocenters. The molecule has 2 aromatic rings. The number of esters is 1. The predicted octanol–water partition coefficient (Wildman–Crippen LogP) is 1.72. The van der Waals surface area contributed by atoms with Crippen LogP contribution in [0.3, 0.4) is 0 Å². The largest absolute Gasteiger partial charge is 0.462 e. The summed E-state index contributed by atoms with van der Waals surface area (Å²) in [6.45, 7) is 4.70. The molecule has 1 fully saturated rings. The van der Waals surface area contributed by atoms with E-state index < -0.39 is 42.2 Å². The summed E-state index contributed by atoms with van der Waals surface area (Å²) in [7, 11) is -4.07. The summed E-state index contributed by atoms with van der Waals surface area (Å²) in [4.78, 5) is 31.8. The van der Waals surface area contributed by atoms with Crippen molar-refractivity contribution in [3.05, 3.63) is 47.1 Å². The van der Waals surface area contributed by atoms with Crippen LogP contribution in [0, 0.1) is 0 Å². The van der Waals surface area contributed by atoms with Gasteiger partial charge in [0.15, 0.2) is 0 Å². The van der Waals surface area contributed by atoms with Gasteiger partial charge >= 0.3 is 19.4 Å². The second kappa shape index (κ2) is 11.3. The van der Waals surface area contributed by atoms with E-state index in [4.69, 9.17) is 19.5 Å². The van der Waals surface area contributed by atoms with Crippen LogP contribution in [-0.2, 0) is 18.6 Å². The topological polar surface area (TPSA) is 168 Å². The number of para-hydroxylation sites is 1. The van der Waals surface area contributed by atoms with Crippen LogP contribution in [0.1, 0.15) is 32.6 Å². The predicted molar refractivity (Wildman–Crippen MR) is 126 cm³/mol. The van der Waals surface area contributed by atoms with Crippen molar-refractivity contribution in [2.75, 3.05) is 12.3 Å². The van der Waals surface area contributed by atoms with Gasteiger partial charge in [0, 0.05) is 6.42 Å². The second-order valence-corrected chi connectivity index (χ2v) is 11.0. The maximum atomic E-state index is 13.5. The van der Waals surface area contributed by atoms with Gasteiger partial charge in [-0.25, -0.2) is 14.3 Å². The van der Waals surface area contributed by atoms with Crippen LogP contribution in [0.2, 0.25) is 0 Å². The molecular formula is C20H28N5O7PS. The molecule has 1 aromatic carbocycles. The van der Waals surface area contributed by atoms with Crippen LogP contribution < -0.4 is 21.0 Å². The molecule has 2 heterocycles. The minimum atomic E-state index is -4.07. The summed E-state index contributed by atoms with van der Waals surface area (Å²) in [5.74, 6) is -0.487. The first-order chi connectivity index (χ1) is 16.1. The quantitative estimate of drug-likeness (QED) is 0.311. The lowest BCUT2D eigenvalue weighted by Crippen LogP contribution is -2.37. The van der Waals surface area contributed by atoms with Gasteiger partial charge in [0.1, 0.15) is 18.1 Å². The van der Waals surface area contributed by atoms with Crippen molar-refractivity contribution in [1.82, 2.24) is 19.6 Å². The number of ether oxygens (including phenoxy) is 1. The van der Waals surface area contributed by atoms with Crippen molar-refractivity contribution in [2.24, 2.45) is 0 Å². The molecule has 1 saturated heterocycles. The molecule has 0 radical (unpaired) electrons. The van der Waals surface area contributed by atoms with Crippen molar-refractivity contribution in [3.8, 4) is 5.75 Å². The van der Waals surface area contributed by atoms with E-state index >= 15 is 0 Å². The van der Waals surface area contributed by atoms with Crippen LogP contribution in [0.15, 0.2) is 41.5 Å². The average molecular weight is 514 g/mol. The Bertz CT molecular complexity index is 1090. The first-order valence-corrected chi connectivity index (χ1v) is 13.1. The molecule has 1 aliphatic heterocycles. The number of thioether (sulfide) groups is 1. The Kier molecular flexibility index (Phi) is 8.72. The zero-order valence-electron chi connectivity index (χ0n) is 18.9. The number of benzene rings is 1. The molecule has 0 bridgehead atoms. The van der Waals surface area contributed by atoms with Crippen LogP contribution in [-0.4, -0.2) is 55.7 Å². The van der Waals surface area contributed by atoms with Crippen LogP contribution in [0.4, 0.5) is 5.95 Å². The lowest BCUT2D eigenvalue weighted by Gasteiger charge is -2.25. The van der Waals surface area contributed by atoms with Gasteiger partial charge in [-0.1, -0.05) is 18.2 Å². The first kappa shape index (κ1) is 26.2. The minimum absolute atomic E-state index is 0.139. The lowest BCUT2D eigenvalue weighted by atomic mass is 10.2. The molecule has 14 heteroatoms. The number of carbonyl (C=O) groups is 1. The number of nitrogen functional groups attached to an aromatic ring is 1. The van der Waals surface area contributed by atoms with Crippen molar-refractivity contribution >= 4 is 31.4 Å². The third kappa shape index (κ3) is 7.03. The third-order valence-electron chi connectivity index (χ3n) is 4.69. The molecule has 1 aliphatic rings. The summed E-state index contributed by atoms with van der Waals surface area (Å²) in [5.41, 5.74) is 4.84. The maximum absolute atomic E-state index is 13.5. The summed E-state index contributed by atoms with van der Waals surface area (Å²) in [6, 6.07) is 7.36. The SMILES string of the molecule is CC(C)OC(=O)[C@H](C)NP(=O)(OC[C@H]1S[C@@H](n2cnc(N)nc2=O)C[C@H]1O)Oc1ccccc1.